The van der Waals surface area contributed by atoms with Crippen LogP contribution in [0.1, 0.15) is 63.9 Å². The van der Waals surface area contributed by atoms with Gasteiger partial charge in [-0.1, -0.05) is 37.3 Å². The molecule has 4 rings (SSSR count). The zero-order valence-corrected chi connectivity index (χ0v) is 17.7. The number of carbonyl (C=O) groups excluding carboxylic acids is 1. The van der Waals surface area contributed by atoms with Gasteiger partial charge < -0.3 is 4.90 Å². The highest BCUT2D eigenvalue weighted by Crippen LogP contribution is 2.31. The molecule has 2 heterocycles. The van der Waals surface area contributed by atoms with Crippen molar-refractivity contribution in [1.82, 2.24) is 9.80 Å². The number of amides is 1. The normalized spacial score (nSPS) is 30.3. The molecule has 3 nitrogen and oxygen atoms in total. The largest absolute Gasteiger partial charge is 0.342 e. The van der Waals surface area contributed by atoms with E-state index in [1.165, 1.54) is 50.6 Å². The molecule has 0 bridgehead atoms. The maximum atomic E-state index is 13.2. The van der Waals surface area contributed by atoms with Crippen LogP contribution in [-0.4, -0.2) is 47.9 Å². The lowest BCUT2D eigenvalue weighted by Crippen LogP contribution is -2.50. The minimum absolute atomic E-state index is 0.249. The third-order valence-electron chi connectivity index (χ3n) is 7.60. The lowest BCUT2D eigenvalue weighted by atomic mass is 9.84. The quantitative estimate of drug-likeness (QED) is 0.750. The highest BCUT2D eigenvalue weighted by atomic mass is 16.2. The van der Waals surface area contributed by atoms with Crippen molar-refractivity contribution in [3.8, 4) is 0 Å². The second kappa shape index (κ2) is 9.43. The Kier molecular flexibility index (Phi) is 6.72. The molecule has 0 aromatic heterocycles. The molecule has 28 heavy (non-hydrogen) atoms. The summed E-state index contributed by atoms with van der Waals surface area (Å²) in [6.07, 6.45) is 11.2. The summed E-state index contributed by atoms with van der Waals surface area (Å²) in [5.41, 5.74) is 1.44. The van der Waals surface area contributed by atoms with Crippen LogP contribution in [0.15, 0.2) is 30.3 Å². The van der Waals surface area contributed by atoms with Crippen LogP contribution in [0.5, 0.6) is 0 Å². The van der Waals surface area contributed by atoms with Gasteiger partial charge in [0.25, 0.3) is 0 Å². The van der Waals surface area contributed by atoms with Crippen LogP contribution in [0.4, 0.5) is 0 Å². The van der Waals surface area contributed by atoms with E-state index in [0.717, 1.165) is 56.8 Å². The van der Waals surface area contributed by atoms with Gasteiger partial charge in [0.05, 0.1) is 5.92 Å². The summed E-state index contributed by atoms with van der Waals surface area (Å²) in [6.45, 7) is 6.55. The molecular weight excluding hydrogens is 344 g/mol. The van der Waals surface area contributed by atoms with Crippen LogP contribution in [0.25, 0.3) is 0 Å². The van der Waals surface area contributed by atoms with Gasteiger partial charge in [0.1, 0.15) is 0 Å². The van der Waals surface area contributed by atoms with Crippen molar-refractivity contribution in [3.63, 3.8) is 0 Å². The summed E-state index contributed by atoms with van der Waals surface area (Å²) in [6, 6.07) is 11.6. The molecule has 0 N–H and O–H groups in total. The van der Waals surface area contributed by atoms with E-state index in [1.54, 1.807) is 0 Å². The lowest BCUT2D eigenvalue weighted by Gasteiger charge is -2.42. The molecule has 1 saturated carbocycles. The lowest BCUT2D eigenvalue weighted by molar-refractivity contribution is -0.139. The van der Waals surface area contributed by atoms with E-state index < -0.39 is 0 Å². The minimum Gasteiger partial charge on any atom is -0.342 e. The molecule has 3 aliphatic rings. The SMILES string of the molecule is CC1CCC(N2CCC[C@H](C(=O)N3CCC(Cc4ccccc4)CC3)C2)CC1. The van der Waals surface area contributed by atoms with E-state index in [2.05, 4.69) is 47.1 Å². The molecule has 2 aliphatic heterocycles. The number of rotatable bonds is 4. The Morgan fingerprint density at radius 1 is 0.929 bits per heavy atom. The van der Waals surface area contributed by atoms with Gasteiger partial charge in [-0.15, -0.1) is 0 Å². The molecule has 0 spiro atoms. The molecular formula is C25H38N2O. The van der Waals surface area contributed by atoms with Crippen LogP contribution in [0, 0.1) is 17.8 Å². The summed E-state index contributed by atoms with van der Waals surface area (Å²) < 4.78 is 0. The number of carbonyl (C=O) groups is 1. The average Bonchev–Trinajstić information content (AvgIpc) is 2.75. The highest BCUT2D eigenvalue weighted by molar-refractivity contribution is 5.79. The van der Waals surface area contributed by atoms with E-state index in [-0.39, 0.29) is 5.92 Å². The summed E-state index contributed by atoms with van der Waals surface area (Å²) in [4.78, 5) is 18.1. The molecule has 3 fully saturated rings. The van der Waals surface area contributed by atoms with Crippen molar-refractivity contribution in [2.75, 3.05) is 26.2 Å². The molecule has 154 valence electrons. The Morgan fingerprint density at radius 3 is 2.36 bits per heavy atom. The number of benzene rings is 1. The van der Waals surface area contributed by atoms with Crippen molar-refractivity contribution in [3.05, 3.63) is 35.9 Å². The number of nitrogens with zero attached hydrogens (tertiary/aromatic N) is 2. The maximum Gasteiger partial charge on any atom is 0.226 e. The first-order valence-corrected chi connectivity index (χ1v) is 11.8. The van der Waals surface area contributed by atoms with Crippen LogP contribution in [0.2, 0.25) is 0 Å². The number of likely N-dealkylation sites (tertiary alicyclic amines) is 2. The van der Waals surface area contributed by atoms with E-state index in [0.29, 0.717) is 5.91 Å². The zero-order valence-electron chi connectivity index (χ0n) is 17.7. The van der Waals surface area contributed by atoms with Crippen LogP contribution < -0.4 is 0 Å². The smallest absolute Gasteiger partial charge is 0.226 e. The first-order valence-electron chi connectivity index (χ1n) is 11.8. The number of piperidine rings is 2. The second-order valence-electron chi connectivity index (χ2n) is 9.71. The van der Waals surface area contributed by atoms with Gasteiger partial charge in [0.2, 0.25) is 5.91 Å². The van der Waals surface area contributed by atoms with Gasteiger partial charge in [-0.25, -0.2) is 0 Å². The van der Waals surface area contributed by atoms with E-state index in [4.69, 9.17) is 0 Å². The first kappa shape index (κ1) is 19.9. The number of hydrogen-bond acceptors (Lipinski definition) is 2. The molecule has 1 aromatic rings. The fourth-order valence-electron chi connectivity index (χ4n) is 5.71. The second-order valence-corrected chi connectivity index (χ2v) is 9.71. The first-order chi connectivity index (χ1) is 13.7. The molecule has 0 radical (unpaired) electrons. The standard InChI is InChI=1S/C25H38N2O/c1-20-9-11-24(12-10-20)27-15-5-8-23(19-27)25(28)26-16-13-22(14-17-26)18-21-6-3-2-4-7-21/h2-4,6-7,20,22-24H,5,8-19H2,1H3/t20?,23-,24?/m0/s1. The number of hydrogen-bond donors (Lipinski definition) is 0. The van der Waals surface area contributed by atoms with E-state index in [1.807, 2.05) is 0 Å². The van der Waals surface area contributed by atoms with Crippen molar-refractivity contribution in [2.45, 2.75) is 70.8 Å². The monoisotopic (exact) mass is 382 g/mol. The Morgan fingerprint density at radius 2 is 1.64 bits per heavy atom. The van der Waals surface area contributed by atoms with Crippen LogP contribution >= 0.6 is 0 Å². The summed E-state index contributed by atoms with van der Waals surface area (Å²) in [5, 5.41) is 0. The predicted octanol–water partition coefficient (Wildman–Crippen LogP) is 4.76. The van der Waals surface area contributed by atoms with Crippen molar-refractivity contribution < 1.29 is 4.79 Å². The third-order valence-corrected chi connectivity index (χ3v) is 7.60. The fraction of sp³-hybridized carbons (Fsp3) is 0.720. The summed E-state index contributed by atoms with van der Waals surface area (Å²) >= 11 is 0. The van der Waals surface area contributed by atoms with Gasteiger partial charge in [0, 0.05) is 25.7 Å². The Hall–Kier alpha value is -1.35. The van der Waals surface area contributed by atoms with Crippen LogP contribution in [0.3, 0.4) is 0 Å². The molecule has 3 heteroatoms. The average molecular weight is 383 g/mol. The van der Waals surface area contributed by atoms with Gasteiger partial charge >= 0.3 is 0 Å². The molecule has 1 amide bonds. The maximum absolute atomic E-state index is 13.2. The third kappa shape index (κ3) is 4.97. The van der Waals surface area contributed by atoms with Gasteiger partial charge in [0.15, 0.2) is 0 Å². The highest BCUT2D eigenvalue weighted by Gasteiger charge is 2.34. The fourth-order valence-corrected chi connectivity index (χ4v) is 5.71. The van der Waals surface area contributed by atoms with Crippen molar-refractivity contribution >= 4 is 5.91 Å². The van der Waals surface area contributed by atoms with Gasteiger partial charge in [-0.05, 0) is 81.7 Å². The van der Waals surface area contributed by atoms with E-state index in [9.17, 15) is 4.79 Å². The molecule has 1 aliphatic carbocycles. The minimum atomic E-state index is 0.249. The van der Waals surface area contributed by atoms with Crippen molar-refractivity contribution in [2.24, 2.45) is 17.8 Å². The molecule has 0 unspecified atom stereocenters. The van der Waals surface area contributed by atoms with Gasteiger partial charge in [-0.3, -0.25) is 9.69 Å². The summed E-state index contributed by atoms with van der Waals surface area (Å²) in [7, 11) is 0. The Bertz CT molecular complexity index is 615. The molecule has 1 aromatic carbocycles. The Labute approximate surface area is 171 Å². The van der Waals surface area contributed by atoms with Crippen molar-refractivity contribution in [1.29, 1.82) is 0 Å². The Balaban J connectivity index is 1.25. The van der Waals surface area contributed by atoms with Gasteiger partial charge in [-0.2, -0.15) is 0 Å². The molecule has 2 saturated heterocycles. The predicted molar refractivity (Wildman–Crippen MR) is 115 cm³/mol. The van der Waals surface area contributed by atoms with Crippen LogP contribution in [-0.2, 0) is 11.2 Å². The topological polar surface area (TPSA) is 23.6 Å². The molecule has 1 atom stereocenters. The van der Waals surface area contributed by atoms with E-state index >= 15 is 0 Å². The zero-order chi connectivity index (χ0) is 19.3. The summed E-state index contributed by atoms with van der Waals surface area (Å²) in [5.74, 6) is 2.33.